The summed E-state index contributed by atoms with van der Waals surface area (Å²) in [6, 6.07) is 1.74. The average Bonchev–Trinajstić information content (AvgIpc) is 2.92. The van der Waals surface area contributed by atoms with Crippen LogP contribution < -0.4 is 11.1 Å². The molecule has 0 spiro atoms. The van der Waals surface area contributed by atoms with Gasteiger partial charge in [0.2, 0.25) is 5.91 Å². The highest BCUT2D eigenvalue weighted by Crippen LogP contribution is 2.15. The Morgan fingerprint density at radius 3 is 2.85 bits per heavy atom. The van der Waals surface area contributed by atoms with Gasteiger partial charge in [-0.05, 0) is 12.5 Å². The van der Waals surface area contributed by atoms with E-state index in [-0.39, 0.29) is 18.4 Å². The summed E-state index contributed by atoms with van der Waals surface area (Å²) in [6.07, 6.45) is 0.798. The number of nitrogens with zero attached hydrogens (tertiary/aromatic N) is 1. The van der Waals surface area contributed by atoms with Gasteiger partial charge in [-0.2, -0.15) is 0 Å². The first-order valence-corrected chi connectivity index (χ1v) is 7.27. The van der Waals surface area contributed by atoms with Crippen LogP contribution in [0.5, 0.6) is 0 Å². The van der Waals surface area contributed by atoms with Crippen molar-refractivity contribution in [3.8, 4) is 11.8 Å². The van der Waals surface area contributed by atoms with Crippen LogP contribution in [0.1, 0.15) is 28.6 Å². The van der Waals surface area contributed by atoms with E-state index in [2.05, 4.69) is 17.2 Å². The van der Waals surface area contributed by atoms with Gasteiger partial charge in [0.1, 0.15) is 0 Å². The molecule has 0 atom stereocenters. The largest absolute Gasteiger partial charge is 0.358 e. The van der Waals surface area contributed by atoms with E-state index in [9.17, 15) is 9.59 Å². The van der Waals surface area contributed by atoms with Crippen molar-refractivity contribution in [1.82, 2.24) is 10.2 Å². The zero-order chi connectivity index (χ0) is 15.0. The lowest BCUT2D eigenvalue weighted by Crippen LogP contribution is -2.39. The van der Waals surface area contributed by atoms with E-state index < -0.39 is 0 Å². The SMILES string of the molecule is CCCN(CC(=O)NC)C(=O)c1csc(C#CCN)c1. The maximum absolute atomic E-state index is 12.4. The Morgan fingerprint density at radius 1 is 1.50 bits per heavy atom. The number of hydrogen-bond acceptors (Lipinski definition) is 4. The number of likely N-dealkylation sites (N-methyl/N-ethyl adjacent to an activating group) is 1. The summed E-state index contributed by atoms with van der Waals surface area (Å²) in [5, 5.41) is 4.29. The summed E-state index contributed by atoms with van der Waals surface area (Å²) in [4.78, 5) is 26.1. The van der Waals surface area contributed by atoms with Crippen LogP contribution in [0.2, 0.25) is 0 Å². The van der Waals surface area contributed by atoms with Gasteiger partial charge in [-0.15, -0.1) is 11.3 Å². The van der Waals surface area contributed by atoms with E-state index in [4.69, 9.17) is 5.73 Å². The number of amides is 2. The Morgan fingerprint density at radius 2 is 2.25 bits per heavy atom. The Bertz CT molecular complexity index is 528. The summed E-state index contributed by atoms with van der Waals surface area (Å²) < 4.78 is 0. The van der Waals surface area contributed by atoms with Gasteiger partial charge in [0.25, 0.3) is 5.91 Å². The molecule has 5 nitrogen and oxygen atoms in total. The molecule has 1 aromatic rings. The minimum Gasteiger partial charge on any atom is -0.358 e. The molecule has 20 heavy (non-hydrogen) atoms. The van der Waals surface area contributed by atoms with Crippen molar-refractivity contribution in [2.24, 2.45) is 5.73 Å². The fourth-order valence-electron chi connectivity index (χ4n) is 1.61. The minimum absolute atomic E-state index is 0.0723. The second-order valence-corrected chi connectivity index (χ2v) is 5.02. The predicted molar refractivity (Wildman–Crippen MR) is 80.5 cm³/mol. The molecule has 0 aromatic carbocycles. The number of carbonyl (C=O) groups excluding carboxylic acids is 2. The third-order valence-electron chi connectivity index (χ3n) is 2.55. The molecule has 1 rings (SSSR count). The molecule has 108 valence electrons. The first-order valence-electron chi connectivity index (χ1n) is 6.39. The quantitative estimate of drug-likeness (QED) is 0.783. The lowest BCUT2D eigenvalue weighted by Gasteiger charge is -2.20. The van der Waals surface area contributed by atoms with Crippen molar-refractivity contribution in [1.29, 1.82) is 0 Å². The first-order chi connectivity index (χ1) is 9.62. The number of nitrogens with two attached hydrogens (primary N) is 1. The molecule has 0 fully saturated rings. The molecular weight excluding hydrogens is 274 g/mol. The molecule has 0 unspecified atom stereocenters. The molecule has 0 saturated heterocycles. The third-order valence-corrected chi connectivity index (χ3v) is 3.40. The molecule has 0 aliphatic carbocycles. The molecule has 0 bridgehead atoms. The van der Waals surface area contributed by atoms with Gasteiger partial charge in [-0.1, -0.05) is 18.8 Å². The van der Waals surface area contributed by atoms with Crippen molar-refractivity contribution >= 4 is 23.2 Å². The summed E-state index contributed by atoms with van der Waals surface area (Å²) in [5.41, 5.74) is 5.88. The Labute approximate surface area is 123 Å². The summed E-state index contributed by atoms with van der Waals surface area (Å²) in [5.74, 6) is 5.33. The van der Waals surface area contributed by atoms with Crippen LogP contribution in [0.3, 0.4) is 0 Å². The molecule has 0 aliphatic heterocycles. The highest BCUT2D eigenvalue weighted by atomic mass is 32.1. The van der Waals surface area contributed by atoms with Crippen LogP contribution >= 0.6 is 11.3 Å². The van der Waals surface area contributed by atoms with E-state index in [0.29, 0.717) is 18.7 Å². The van der Waals surface area contributed by atoms with Crippen molar-refractivity contribution in [3.05, 3.63) is 21.9 Å². The smallest absolute Gasteiger partial charge is 0.255 e. The number of rotatable bonds is 5. The van der Waals surface area contributed by atoms with E-state index in [1.54, 1.807) is 23.4 Å². The number of carbonyl (C=O) groups is 2. The minimum atomic E-state index is -0.176. The Hall–Kier alpha value is -1.84. The van der Waals surface area contributed by atoms with Gasteiger partial charge in [-0.25, -0.2) is 0 Å². The van der Waals surface area contributed by atoms with Crippen molar-refractivity contribution in [2.45, 2.75) is 13.3 Å². The van der Waals surface area contributed by atoms with E-state index in [1.807, 2.05) is 6.92 Å². The van der Waals surface area contributed by atoms with Crippen molar-refractivity contribution in [2.75, 3.05) is 26.7 Å². The van der Waals surface area contributed by atoms with Gasteiger partial charge in [0.15, 0.2) is 0 Å². The molecule has 3 N–H and O–H groups in total. The van der Waals surface area contributed by atoms with E-state index in [1.165, 1.54) is 11.3 Å². The summed E-state index contributed by atoms with van der Waals surface area (Å²) in [6.45, 7) is 2.88. The van der Waals surface area contributed by atoms with E-state index in [0.717, 1.165) is 11.3 Å². The monoisotopic (exact) mass is 293 g/mol. The fraction of sp³-hybridized carbons (Fsp3) is 0.429. The highest BCUT2D eigenvalue weighted by Gasteiger charge is 2.18. The normalized spacial score (nSPS) is 9.55. The molecule has 2 amide bonds. The maximum atomic E-state index is 12.4. The fourth-order valence-corrected chi connectivity index (χ4v) is 2.36. The molecule has 0 aliphatic rings. The first kappa shape index (κ1) is 16.2. The van der Waals surface area contributed by atoms with Gasteiger partial charge in [-0.3, -0.25) is 9.59 Å². The van der Waals surface area contributed by atoms with Crippen LogP contribution in [0, 0.1) is 11.8 Å². The van der Waals surface area contributed by atoms with Gasteiger partial charge in [0, 0.05) is 19.0 Å². The average molecular weight is 293 g/mol. The number of hydrogen-bond donors (Lipinski definition) is 2. The van der Waals surface area contributed by atoms with Crippen molar-refractivity contribution < 1.29 is 9.59 Å². The van der Waals surface area contributed by atoms with Crippen LogP contribution in [-0.2, 0) is 4.79 Å². The molecule has 1 heterocycles. The zero-order valence-electron chi connectivity index (χ0n) is 11.7. The number of nitrogens with one attached hydrogen (secondary N) is 1. The number of thiophene rings is 1. The van der Waals surface area contributed by atoms with E-state index >= 15 is 0 Å². The lowest BCUT2D eigenvalue weighted by atomic mass is 10.2. The van der Waals surface area contributed by atoms with Gasteiger partial charge < -0.3 is 16.0 Å². The maximum Gasteiger partial charge on any atom is 0.255 e. The molecule has 0 radical (unpaired) electrons. The van der Waals surface area contributed by atoms with Crippen LogP contribution in [0.25, 0.3) is 0 Å². The molecule has 0 saturated carbocycles. The standard InChI is InChI=1S/C14H19N3O2S/c1-3-7-17(9-13(18)16-2)14(19)11-8-12(20-10-11)5-4-6-15/h8,10H,3,6-7,9,15H2,1-2H3,(H,16,18). The molecule has 6 heteroatoms. The molecular formula is C14H19N3O2S. The zero-order valence-corrected chi connectivity index (χ0v) is 12.5. The van der Waals surface area contributed by atoms with Gasteiger partial charge in [0.05, 0.1) is 23.5 Å². The second kappa shape index (κ2) is 8.35. The summed E-state index contributed by atoms with van der Waals surface area (Å²) in [7, 11) is 1.56. The Kier molecular flexibility index (Phi) is 6.77. The van der Waals surface area contributed by atoms with Crippen molar-refractivity contribution in [3.63, 3.8) is 0 Å². The second-order valence-electron chi connectivity index (χ2n) is 4.11. The van der Waals surface area contributed by atoms with Gasteiger partial charge >= 0.3 is 0 Å². The van der Waals surface area contributed by atoms with Crippen LogP contribution in [-0.4, -0.2) is 43.4 Å². The summed E-state index contributed by atoms with van der Waals surface area (Å²) >= 11 is 1.40. The topological polar surface area (TPSA) is 75.4 Å². The lowest BCUT2D eigenvalue weighted by molar-refractivity contribution is -0.121. The molecule has 1 aromatic heterocycles. The van der Waals surface area contributed by atoms with Crippen LogP contribution in [0.15, 0.2) is 11.4 Å². The predicted octanol–water partition coefficient (Wildman–Crippen LogP) is 0.657. The Balaban J connectivity index is 2.83. The van der Waals surface area contributed by atoms with Crippen LogP contribution in [0.4, 0.5) is 0 Å². The third kappa shape index (κ3) is 4.68. The highest BCUT2D eigenvalue weighted by molar-refractivity contribution is 7.10.